The molecular formula is C26H41NO4S. The first kappa shape index (κ1) is 26.6. The number of allylic oxidation sites excluding steroid dienone is 1. The molecule has 1 aliphatic rings. The number of ether oxygens (including phenoxy) is 1. The fourth-order valence-corrected chi connectivity index (χ4v) is 4.91. The van der Waals surface area contributed by atoms with Crippen LogP contribution in [0.15, 0.2) is 47.4 Å². The van der Waals surface area contributed by atoms with Gasteiger partial charge in [-0.25, -0.2) is 13.1 Å². The number of nitrogens with one attached hydrogen (secondary N) is 1. The molecule has 32 heavy (non-hydrogen) atoms. The van der Waals surface area contributed by atoms with Gasteiger partial charge >= 0.3 is 0 Å². The van der Waals surface area contributed by atoms with E-state index in [2.05, 4.69) is 23.8 Å². The Morgan fingerprint density at radius 2 is 1.59 bits per heavy atom. The van der Waals surface area contributed by atoms with Crippen LogP contribution in [0, 0.1) is 0 Å². The highest BCUT2D eigenvalue weighted by Crippen LogP contribution is 2.30. The Bertz CT molecular complexity index is 776. The molecule has 0 spiro atoms. The minimum atomic E-state index is -3.75. The number of hydrogen-bond acceptors (Lipinski definition) is 4. The molecular weight excluding hydrogens is 422 g/mol. The average Bonchev–Trinajstić information content (AvgIpc) is 3.53. The first-order chi connectivity index (χ1) is 15.5. The van der Waals surface area contributed by atoms with Crippen LogP contribution in [0.25, 0.3) is 0 Å². The molecule has 2 rings (SSSR count). The zero-order valence-corrected chi connectivity index (χ0v) is 20.5. The van der Waals surface area contributed by atoms with Crippen molar-refractivity contribution in [2.75, 3.05) is 0 Å². The number of benzene rings is 1. The molecule has 0 bridgehead atoms. The molecule has 1 amide bonds. The monoisotopic (exact) mass is 463 g/mol. The van der Waals surface area contributed by atoms with Crippen LogP contribution in [0.3, 0.4) is 0 Å². The summed E-state index contributed by atoms with van der Waals surface area (Å²) in [5, 5.41) is 0. The second-order valence-corrected chi connectivity index (χ2v) is 10.5. The molecule has 0 aliphatic carbocycles. The van der Waals surface area contributed by atoms with Gasteiger partial charge in [-0.2, -0.15) is 0 Å². The molecule has 180 valence electrons. The van der Waals surface area contributed by atoms with Gasteiger partial charge in [0, 0.05) is 6.42 Å². The predicted molar refractivity (Wildman–Crippen MR) is 130 cm³/mol. The predicted octanol–water partition coefficient (Wildman–Crippen LogP) is 6.30. The van der Waals surface area contributed by atoms with Gasteiger partial charge in [0.05, 0.1) is 17.1 Å². The minimum Gasteiger partial charge on any atom is -0.369 e. The van der Waals surface area contributed by atoms with Crippen molar-refractivity contribution in [3.63, 3.8) is 0 Å². The van der Waals surface area contributed by atoms with E-state index in [1.54, 1.807) is 18.2 Å². The number of amides is 1. The van der Waals surface area contributed by atoms with Gasteiger partial charge in [-0.05, 0) is 44.2 Å². The molecule has 1 heterocycles. The highest BCUT2D eigenvalue weighted by Gasteiger charge is 2.36. The van der Waals surface area contributed by atoms with E-state index in [0.29, 0.717) is 18.6 Å². The molecule has 1 fully saturated rings. The van der Waals surface area contributed by atoms with E-state index in [1.807, 2.05) is 0 Å². The first-order valence-electron chi connectivity index (χ1n) is 12.4. The Morgan fingerprint density at radius 3 is 2.38 bits per heavy atom. The maximum absolute atomic E-state index is 12.1. The van der Waals surface area contributed by atoms with Crippen molar-refractivity contribution in [1.29, 1.82) is 0 Å². The SMILES string of the molecule is CCCCCCCCC1OC1C/C=C\CCCCCCC(=O)NS(=O)(=O)c1ccccc1. The Balaban J connectivity index is 1.41. The number of carbonyl (C=O) groups is 1. The Hall–Kier alpha value is -1.66. The first-order valence-corrected chi connectivity index (χ1v) is 13.9. The van der Waals surface area contributed by atoms with Gasteiger partial charge in [-0.3, -0.25) is 4.79 Å². The van der Waals surface area contributed by atoms with Crippen molar-refractivity contribution >= 4 is 15.9 Å². The summed E-state index contributed by atoms with van der Waals surface area (Å²) >= 11 is 0. The minimum absolute atomic E-state index is 0.116. The van der Waals surface area contributed by atoms with E-state index < -0.39 is 15.9 Å². The average molecular weight is 464 g/mol. The van der Waals surface area contributed by atoms with Crippen molar-refractivity contribution in [3.8, 4) is 0 Å². The molecule has 1 aromatic carbocycles. The third-order valence-electron chi connectivity index (χ3n) is 5.89. The van der Waals surface area contributed by atoms with Gasteiger partial charge < -0.3 is 4.74 Å². The second-order valence-electron chi connectivity index (χ2n) is 8.77. The summed E-state index contributed by atoms with van der Waals surface area (Å²) in [7, 11) is -3.75. The number of hydrogen-bond donors (Lipinski definition) is 1. The smallest absolute Gasteiger partial charge is 0.264 e. The third-order valence-corrected chi connectivity index (χ3v) is 7.28. The maximum Gasteiger partial charge on any atom is 0.264 e. The van der Waals surface area contributed by atoms with Gasteiger partial charge in [0.15, 0.2) is 0 Å². The number of epoxide rings is 1. The van der Waals surface area contributed by atoms with E-state index in [9.17, 15) is 13.2 Å². The van der Waals surface area contributed by atoms with E-state index in [0.717, 1.165) is 32.1 Å². The van der Waals surface area contributed by atoms with E-state index in [4.69, 9.17) is 4.74 Å². The van der Waals surface area contributed by atoms with Gasteiger partial charge in [-0.15, -0.1) is 0 Å². The third kappa shape index (κ3) is 11.3. The molecule has 0 radical (unpaired) electrons. The van der Waals surface area contributed by atoms with Gasteiger partial charge in [0.2, 0.25) is 5.91 Å². The van der Waals surface area contributed by atoms with E-state index >= 15 is 0 Å². The number of sulfonamides is 1. The lowest BCUT2D eigenvalue weighted by atomic mass is 10.1. The lowest BCUT2D eigenvalue weighted by molar-refractivity contribution is -0.119. The molecule has 1 aromatic rings. The van der Waals surface area contributed by atoms with Crippen molar-refractivity contribution in [2.45, 2.75) is 114 Å². The molecule has 1 aliphatic heterocycles. The molecule has 5 nitrogen and oxygen atoms in total. The topological polar surface area (TPSA) is 75.8 Å². The largest absolute Gasteiger partial charge is 0.369 e. The van der Waals surface area contributed by atoms with Gasteiger partial charge in [0.1, 0.15) is 0 Å². The van der Waals surface area contributed by atoms with E-state index in [-0.39, 0.29) is 11.3 Å². The normalized spacial score (nSPS) is 18.2. The number of carbonyl (C=O) groups excluding carboxylic acids is 1. The van der Waals surface area contributed by atoms with Crippen molar-refractivity contribution < 1.29 is 17.9 Å². The maximum atomic E-state index is 12.1. The fourth-order valence-electron chi connectivity index (χ4n) is 3.88. The Labute approximate surface area is 195 Å². The molecule has 0 aromatic heterocycles. The molecule has 6 heteroatoms. The molecule has 2 atom stereocenters. The van der Waals surface area contributed by atoms with Crippen LogP contribution in [0.1, 0.15) is 96.8 Å². The number of unbranched alkanes of at least 4 members (excludes halogenated alkanes) is 9. The Kier molecular flexibility index (Phi) is 12.7. The van der Waals surface area contributed by atoms with Crippen LogP contribution < -0.4 is 4.72 Å². The fraction of sp³-hybridized carbons (Fsp3) is 0.654. The summed E-state index contributed by atoms with van der Waals surface area (Å²) in [6.07, 6.45) is 20.7. The highest BCUT2D eigenvalue weighted by atomic mass is 32.2. The van der Waals surface area contributed by atoms with E-state index in [1.165, 1.54) is 57.1 Å². The van der Waals surface area contributed by atoms with Gasteiger partial charge in [0.25, 0.3) is 10.0 Å². The summed E-state index contributed by atoms with van der Waals surface area (Å²) in [5.41, 5.74) is 0. The molecule has 2 unspecified atom stereocenters. The number of rotatable bonds is 18. The summed E-state index contributed by atoms with van der Waals surface area (Å²) in [6, 6.07) is 7.98. The quantitative estimate of drug-likeness (QED) is 0.157. The van der Waals surface area contributed by atoms with Crippen LogP contribution in [-0.2, 0) is 19.6 Å². The lowest BCUT2D eigenvalue weighted by Gasteiger charge is -2.06. The summed E-state index contributed by atoms with van der Waals surface area (Å²) in [4.78, 5) is 12.0. The second kappa shape index (κ2) is 15.2. The molecule has 1 N–H and O–H groups in total. The summed E-state index contributed by atoms with van der Waals surface area (Å²) in [6.45, 7) is 2.25. The summed E-state index contributed by atoms with van der Waals surface area (Å²) in [5.74, 6) is -0.436. The summed E-state index contributed by atoms with van der Waals surface area (Å²) < 4.78 is 32.1. The van der Waals surface area contributed by atoms with Gasteiger partial charge in [-0.1, -0.05) is 88.6 Å². The van der Waals surface area contributed by atoms with Crippen LogP contribution in [0.4, 0.5) is 0 Å². The highest BCUT2D eigenvalue weighted by molar-refractivity contribution is 7.90. The van der Waals surface area contributed by atoms with Crippen LogP contribution >= 0.6 is 0 Å². The van der Waals surface area contributed by atoms with Crippen molar-refractivity contribution in [1.82, 2.24) is 4.72 Å². The molecule has 1 saturated heterocycles. The zero-order chi connectivity index (χ0) is 23.1. The zero-order valence-electron chi connectivity index (χ0n) is 19.6. The van der Waals surface area contributed by atoms with Crippen LogP contribution in [0.2, 0.25) is 0 Å². The standard InChI is InChI=1S/C26H41NO4S/c1-2-3-4-5-9-15-20-24-25(31-24)21-16-10-7-6-8-11-17-22-26(28)27-32(29,30)23-18-13-12-14-19-23/h10,12-14,16,18-19,24-25H,2-9,11,15,17,20-22H2,1H3,(H,27,28)/b16-10-. The lowest BCUT2D eigenvalue weighted by Crippen LogP contribution is -2.30. The van der Waals surface area contributed by atoms with Crippen LogP contribution in [0.5, 0.6) is 0 Å². The van der Waals surface area contributed by atoms with Crippen molar-refractivity contribution in [3.05, 3.63) is 42.5 Å². The molecule has 0 saturated carbocycles. The van der Waals surface area contributed by atoms with Crippen LogP contribution in [-0.4, -0.2) is 26.5 Å². The Morgan fingerprint density at radius 1 is 0.906 bits per heavy atom. The van der Waals surface area contributed by atoms with Crippen molar-refractivity contribution in [2.24, 2.45) is 0 Å².